The number of hydrogen-bond donors (Lipinski definition) is 0. The van der Waals surface area contributed by atoms with Crippen molar-refractivity contribution in [3.63, 3.8) is 0 Å². The van der Waals surface area contributed by atoms with E-state index in [0.717, 1.165) is 53.7 Å². The van der Waals surface area contributed by atoms with Crippen LogP contribution >= 0.6 is 23.1 Å². The standard InChI is InChI=1S/C19H23N5OS2/c1-3-14(19(25)23-11-5-4-6-12-23)27-17-10-9-16-20-21-18(24(16)22-17)15-8-7-13(2)26-15/h7-10,14H,3-6,11-12H2,1-2H3/t14-/m1/s1. The molecule has 3 aromatic heterocycles. The lowest BCUT2D eigenvalue weighted by Gasteiger charge is -2.29. The SMILES string of the molecule is CC[C@@H](Sc1ccc2nnc(-c3ccc(C)s3)n2n1)C(=O)N1CCCCC1. The first-order chi connectivity index (χ1) is 13.2. The van der Waals surface area contributed by atoms with Crippen molar-refractivity contribution in [2.45, 2.75) is 49.8 Å². The highest BCUT2D eigenvalue weighted by Crippen LogP contribution is 2.29. The second-order valence-electron chi connectivity index (χ2n) is 6.78. The van der Waals surface area contributed by atoms with Crippen LogP contribution in [0, 0.1) is 6.92 Å². The Morgan fingerprint density at radius 1 is 1.19 bits per heavy atom. The fourth-order valence-electron chi connectivity index (χ4n) is 3.32. The number of piperidine rings is 1. The Labute approximate surface area is 167 Å². The lowest BCUT2D eigenvalue weighted by Crippen LogP contribution is -2.40. The van der Waals surface area contributed by atoms with Gasteiger partial charge in [-0.2, -0.15) is 9.61 Å². The van der Waals surface area contributed by atoms with Gasteiger partial charge in [0.1, 0.15) is 5.03 Å². The number of thioether (sulfide) groups is 1. The molecule has 27 heavy (non-hydrogen) atoms. The van der Waals surface area contributed by atoms with Gasteiger partial charge in [-0.3, -0.25) is 4.79 Å². The van der Waals surface area contributed by atoms with Crippen molar-refractivity contribution in [3.05, 3.63) is 29.1 Å². The Morgan fingerprint density at radius 3 is 2.70 bits per heavy atom. The molecule has 1 aliphatic rings. The molecule has 6 nitrogen and oxygen atoms in total. The summed E-state index contributed by atoms with van der Waals surface area (Å²) in [5.41, 5.74) is 0.718. The zero-order valence-electron chi connectivity index (χ0n) is 15.6. The average molecular weight is 402 g/mol. The highest BCUT2D eigenvalue weighted by Gasteiger charge is 2.26. The minimum absolute atomic E-state index is 0.100. The third-order valence-electron chi connectivity index (χ3n) is 4.78. The van der Waals surface area contributed by atoms with E-state index in [4.69, 9.17) is 5.10 Å². The largest absolute Gasteiger partial charge is 0.342 e. The minimum Gasteiger partial charge on any atom is -0.342 e. The van der Waals surface area contributed by atoms with E-state index < -0.39 is 0 Å². The Bertz CT molecular complexity index is 945. The molecular formula is C19H23N5OS2. The molecule has 0 radical (unpaired) electrons. The van der Waals surface area contributed by atoms with Gasteiger partial charge in [-0.15, -0.1) is 21.5 Å². The third-order valence-corrected chi connectivity index (χ3v) is 7.05. The summed E-state index contributed by atoms with van der Waals surface area (Å²) in [5, 5.41) is 14.0. The van der Waals surface area contributed by atoms with E-state index in [-0.39, 0.29) is 11.2 Å². The van der Waals surface area contributed by atoms with Crippen molar-refractivity contribution < 1.29 is 4.79 Å². The zero-order chi connectivity index (χ0) is 18.8. The highest BCUT2D eigenvalue weighted by molar-refractivity contribution is 8.00. The summed E-state index contributed by atoms with van der Waals surface area (Å²) in [5.74, 6) is 0.989. The van der Waals surface area contributed by atoms with Crippen LogP contribution in [0.3, 0.4) is 0 Å². The van der Waals surface area contributed by atoms with E-state index in [2.05, 4.69) is 30.1 Å². The van der Waals surface area contributed by atoms with E-state index in [1.54, 1.807) is 27.6 Å². The summed E-state index contributed by atoms with van der Waals surface area (Å²) in [6.45, 7) is 5.91. The van der Waals surface area contributed by atoms with E-state index in [1.165, 1.54) is 11.3 Å². The molecule has 1 fully saturated rings. The number of thiophene rings is 1. The normalized spacial score (nSPS) is 16.0. The fourth-order valence-corrected chi connectivity index (χ4v) is 5.14. The van der Waals surface area contributed by atoms with E-state index >= 15 is 0 Å². The lowest BCUT2D eigenvalue weighted by molar-refractivity contribution is -0.131. The first kappa shape index (κ1) is 18.4. The predicted octanol–water partition coefficient (Wildman–Crippen LogP) is 4.04. The number of aryl methyl sites for hydroxylation is 1. The molecule has 1 aliphatic heterocycles. The molecule has 4 heterocycles. The van der Waals surface area contributed by atoms with Gasteiger partial charge in [-0.25, -0.2) is 0 Å². The third kappa shape index (κ3) is 3.87. The van der Waals surface area contributed by atoms with Crippen molar-refractivity contribution in [1.82, 2.24) is 24.7 Å². The number of carbonyl (C=O) groups excluding carboxylic acids is 1. The smallest absolute Gasteiger partial charge is 0.236 e. The highest BCUT2D eigenvalue weighted by atomic mass is 32.2. The molecule has 0 aromatic carbocycles. The maximum Gasteiger partial charge on any atom is 0.236 e. The summed E-state index contributed by atoms with van der Waals surface area (Å²) in [4.78, 5) is 17.2. The topological polar surface area (TPSA) is 63.4 Å². The number of amides is 1. The van der Waals surface area contributed by atoms with Crippen LogP contribution < -0.4 is 0 Å². The Kier molecular flexibility index (Phi) is 5.45. The van der Waals surface area contributed by atoms with Crippen LogP contribution in [0.15, 0.2) is 29.3 Å². The molecular weight excluding hydrogens is 378 g/mol. The Hall–Kier alpha value is -1.93. The quantitative estimate of drug-likeness (QED) is 0.604. The van der Waals surface area contributed by atoms with Crippen molar-refractivity contribution in [2.75, 3.05) is 13.1 Å². The van der Waals surface area contributed by atoms with Gasteiger partial charge in [-0.05, 0) is 56.9 Å². The predicted molar refractivity (Wildman–Crippen MR) is 109 cm³/mol. The first-order valence-corrected chi connectivity index (χ1v) is 11.1. The van der Waals surface area contributed by atoms with Gasteiger partial charge in [0.2, 0.25) is 5.91 Å². The Balaban J connectivity index is 1.58. The van der Waals surface area contributed by atoms with Crippen molar-refractivity contribution in [3.8, 4) is 10.7 Å². The van der Waals surface area contributed by atoms with Gasteiger partial charge in [-0.1, -0.05) is 18.7 Å². The second kappa shape index (κ2) is 7.98. The summed E-state index contributed by atoms with van der Waals surface area (Å²) >= 11 is 3.22. The summed E-state index contributed by atoms with van der Waals surface area (Å²) in [6, 6.07) is 7.98. The van der Waals surface area contributed by atoms with E-state index in [0.29, 0.717) is 0 Å². The number of nitrogens with zero attached hydrogens (tertiary/aromatic N) is 5. The zero-order valence-corrected chi connectivity index (χ0v) is 17.2. The van der Waals surface area contributed by atoms with Gasteiger partial charge in [0.05, 0.1) is 10.1 Å². The lowest BCUT2D eigenvalue weighted by atomic mass is 10.1. The fraction of sp³-hybridized carbons (Fsp3) is 0.474. The van der Waals surface area contributed by atoms with Crippen LogP contribution in [0.5, 0.6) is 0 Å². The average Bonchev–Trinajstić information content (AvgIpc) is 3.31. The number of fused-ring (bicyclic) bond motifs is 1. The molecule has 3 aromatic rings. The van der Waals surface area contributed by atoms with Crippen LogP contribution in [0.25, 0.3) is 16.3 Å². The van der Waals surface area contributed by atoms with Crippen LogP contribution in [-0.4, -0.2) is 49.0 Å². The van der Waals surface area contributed by atoms with Gasteiger partial charge in [0.25, 0.3) is 0 Å². The second-order valence-corrected chi connectivity index (χ2v) is 9.29. The molecule has 142 valence electrons. The number of rotatable bonds is 5. The van der Waals surface area contributed by atoms with E-state index in [1.807, 2.05) is 23.1 Å². The molecule has 0 saturated carbocycles. The van der Waals surface area contributed by atoms with Gasteiger partial charge >= 0.3 is 0 Å². The molecule has 0 bridgehead atoms. The number of likely N-dealkylation sites (tertiary alicyclic amines) is 1. The summed E-state index contributed by atoms with van der Waals surface area (Å²) in [7, 11) is 0. The molecule has 1 saturated heterocycles. The molecule has 0 N–H and O–H groups in total. The first-order valence-electron chi connectivity index (χ1n) is 9.40. The van der Waals surface area contributed by atoms with Crippen LogP contribution in [0.2, 0.25) is 0 Å². The van der Waals surface area contributed by atoms with Crippen molar-refractivity contribution >= 4 is 34.7 Å². The summed E-state index contributed by atoms with van der Waals surface area (Å²) in [6.07, 6.45) is 4.24. The molecule has 0 spiro atoms. The monoisotopic (exact) mass is 401 g/mol. The molecule has 4 rings (SSSR count). The van der Waals surface area contributed by atoms with E-state index in [9.17, 15) is 4.79 Å². The maximum atomic E-state index is 12.9. The molecule has 1 amide bonds. The van der Waals surface area contributed by atoms with Gasteiger partial charge in [0, 0.05) is 18.0 Å². The minimum atomic E-state index is -0.100. The molecule has 8 heteroatoms. The van der Waals surface area contributed by atoms with Crippen molar-refractivity contribution in [1.29, 1.82) is 0 Å². The number of aromatic nitrogens is 4. The molecule has 1 atom stereocenters. The molecule has 0 aliphatic carbocycles. The Morgan fingerprint density at radius 2 is 2.00 bits per heavy atom. The number of hydrogen-bond acceptors (Lipinski definition) is 6. The van der Waals surface area contributed by atoms with Gasteiger partial charge < -0.3 is 4.90 Å². The van der Waals surface area contributed by atoms with Crippen molar-refractivity contribution in [2.24, 2.45) is 0 Å². The summed E-state index contributed by atoms with van der Waals surface area (Å²) < 4.78 is 1.78. The molecule has 0 unspecified atom stereocenters. The van der Waals surface area contributed by atoms with Crippen LogP contribution in [0.1, 0.15) is 37.5 Å². The van der Waals surface area contributed by atoms with Crippen LogP contribution in [0.4, 0.5) is 0 Å². The maximum absolute atomic E-state index is 12.9. The van der Waals surface area contributed by atoms with Gasteiger partial charge in [0.15, 0.2) is 11.5 Å². The van der Waals surface area contributed by atoms with Crippen LogP contribution in [-0.2, 0) is 4.79 Å². The number of carbonyl (C=O) groups is 1.